The second kappa shape index (κ2) is 10.1. The van der Waals surface area contributed by atoms with Crippen LogP contribution in [0, 0.1) is 11.7 Å². The molecule has 170 valence electrons. The third-order valence-corrected chi connectivity index (χ3v) is 7.32. The number of nitrogens with zero attached hydrogens (tertiary/aromatic N) is 4. The number of carbonyl (C=O) groups is 2. The number of amides is 2. The van der Waals surface area contributed by atoms with E-state index in [4.69, 9.17) is 0 Å². The summed E-state index contributed by atoms with van der Waals surface area (Å²) in [5, 5.41) is 0. The molecule has 0 aromatic heterocycles. The first-order valence-corrected chi connectivity index (χ1v) is 11.8. The Morgan fingerprint density at radius 3 is 2.42 bits per heavy atom. The van der Waals surface area contributed by atoms with E-state index in [9.17, 15) is 14.0 Å². The first kappa shape index (κ1) is 22.2. The summed E-state index contributed by atoms with van der Waals surface area (Å²) >= 11 is 0. The predicted octanol–water partition coefficient (Wildman–Crippen LogP) is 2.19. The van der Waals surface area contributed by atoms with Gasteiger partial charge in [0, 0.05) is 70.4 Å². The topological polar surface area (TPSA) is 47.1 Å². The molecule has 0 bridgehead atoms. The lowest BCUT2D eigenvalue weighted by atomic mass is 9.93. The number of hydrogen-bond acceptors (Lipinski definition) is 4. The zero-order valence-corrected chi connectivity index (χ0v) is 18.6. The molecule has 0 N–H and O–H groups in total. The minimum absolute atomic E-state index is 0.0113. The van der Waals surface area contributed by atoms with Crippen molar-refractivity contribution in [2.45, 2.75) is 45.2 Å². The molecule has 7 heteroatoms. The summed E-state index contributed by atoms with van der Waals surface area (Å²) in [6, 6.07) is 7.13. The Morgan fingerprint density at radius 2 is 1.74 bits per heavy atom. The van der Waals surface area contributed by atoms with Crippen molar-refractivity contribution in [3.63, 3.8) is 0 Å². The van der Waals surface area contributed by atoms with Gasteiger partial charge >= 0.3 is 0 Å². The van der Waals surface area contributed by atoms with Gasteiger partial charge in [-0.3, -0.25) is 14.5 Å². The molecule has 4 rings (SSSR count). The maximum absolute atomic E-state index is 14.0. The Bertz CT molecular complexity index is 773. The van der Waals surface area contributed by atoms with E-state index in [1.807, 2.05) is 4.90 Å². The highest BCUT2D eigenvalue weighted by Gasteiger charge is 2.35. The molecule has 3 aliphatic heterocycles. The molecule has 0 radical (unpaired) electrons. The number of benzene rings is 1. The molecule has 3 fully saturated rings. The SMILES string of the molecule is CCN1CCN(C2CCN(C(=O)C3CCC(=O)N(Cc4ccccc4F)C3)CC2)CC1. The van der Waals surface area contributed by atoms with Crippen molar-refractivity contribution in [1.29, 1.82) is 0 Å². The molecule has 1 atom stereocenters. The van der Waals surface area contributed by atoms with Crippen LogP contribution in [-0.4, -0.2) is 89.8 Å². The Hall–Kier alpha value is -1.99. The van der Waals surface area contributed by atoms with Crippen LogP contribution >= 0.6 is 0 Å². The molecule has 1 aromatic carbocycles. The van der Waals surface area contributed by atoms with Crippen LogP contribution in [0.25, 0.3) is 0 Å². The lowest BCUT2D eigenvalue weighted by Crippen LogP contribution is -2.54. The summed E-state index contributed by atoms with van der Waals surface area (Å²) in [7, 11) is 0. The third kappa shape index (κ3) is 5.26. The van der Waals surface area contributed by atoms with Crippen LogP contribution in [0.5, 0.6) is 0 Å². The van der Waals surface area contributed by atoms with Crippen molar-refractivity contribution in [3.05, 3.63) is 35.6 Å². The molecular weight excluding hydrogens is 395 g/mol. The molecule has 0 saturated carbocycles. The van der Waals surface area contributed by atoms with Crippen molar-refractivity contribution < 1.29 is 14.0 Å². The fourth-order valence-corrected chi connectivity index (χ4v) is 5.26. The molecule has 31 heavy (non-hydrogen) atoms. The van der Waals surface area contributed by atoms with Gasteiger partial charge in [0.05, 0.1) is 5.92 Å². The van der Waals surface area contributed by atoms with Gasteiger partial charge in [-0.05, 0) is 31.9 Å². The van der Waals surface area contributed by atoms with Crippen LogP contribution in [-0.2, 0) is 16.1 Å². The van der Waals surface area contributed by atoms with Gasteiger partial charge in [-0.2, -0.15) is 0 Å². The summed E-state index contributed by atoms with van der Waals surface area (Å²) in [5.74, 6) is -0.294. The van der Waals surface area contributed by atoms with E-state index >= 15 is 0 Å². The average Bonchev–Trinajstić information content (AvgIpc) is 2.81. The van der Waals surface area contributed by atoms with Gasteiger partial charge in [-0.25, -0.2) is 4.39 Å². The summed E-state index contributed by atoms with van der Waals surface area (Å²) in [6.45, 7) is 10.1. The van der Waals surface area contributed by atoms with Crippen LogP contribution < -0.4 is 0 Å². The van der Waals surface area contributed by atoms with Gasteiger partial charge in [0.25, 0.3) is 0 Å². The molecule has 6 nitrogen and oxygen atoms in total. The highest BCUT2D eigenvalue weighted by Crippen LogP contribution is 2.25. The van der Waals surface area contributed by atoms with Crippen LogP contribution in [0.4, 0.5) is 4.39 Å². The quantitative estimate of drug-likeness (QED) is 0.719. The second-order valence-corrected chi connectivity index (χ2v) is 9.13. The second-order valence-electron chi connectivity index (χ2n) is 9.13. The number of likely N-dealkylation sites (tertiary alicyclic amines) is 2. The molecule has 1 unspecified atom stereocenters. The Balaban J connectivity index is 1.28. The van der Waals surface area contributed by atoms with E-state index in [0.717, 1.165) is 58.7 Å². The minimum Gasteiger partial charge on any atom is -0.342 e. The van der Waals surface area contributed by atoms with E-state index in [1.54, 1.807) is 23.1 Å². The largest absolute Gasteiger partial charge is 0.342 e. The van der Waals surface area contributed by atoms with Crippen molar-refractivity contribution in [3.8, 4) is 0 Å². The van der Waals surface area contributed by atoms with E-state index in [-0.39, 0.29) is 30.1 Å². The molecule has 3 aliphatic rings. The number of piperazine rings is 1. The molecule has 0 aliphatic carbocycles. The standard InChI is InChI=1S/C24H35FN4O2/c1-2-26-13-15-27(16-14-26)21-9-11-28(12-10-21)24(31)20-7-8-23(30)29(18-20)17-19-5-3-4-6-22(19)25/h3-6,20-21H,2,7-18H2,1H3. The van der Waals surface area contributed by atoms with Gasteiger partial charge in [0.15, 0.2) is 0 Å². The van der Waals surface area contributed by atoms with Crippen molar-refractivity contribution in [2.75, 3.05) is 52.4 Å². The summed E-state index contributed by atoms with van der Waals surface area (Å²) in [6.07, 6.45) is 3.03. The smallest absolute Gasteiger partial charge is 0.227 e. The van der Waals surface area contributed by atoms with Gasteiger partial charge in [-0.15, -0.1) is 0 Å². The maximum atomic E-state index is 14.0. The number of piperidine rings is 2. The number of carbonyl (C=O) groups excluding carboxylic acids is 2. The van der Waals surface area contributed by atoms with E-state index < -0.39 is 0 Å². The van der Waals surface area contributed by atoms with Gasteiger partial charge in [0.2, 0.25) is 11.8 Å². The number of hydrogen-bond donors (Lipinski definition) is 0. The van der Waals surface area contributed by atoms with Gasteiger partial charge in [-0.1, -0.05) is 25.1 Å². The molecular formula is C24H35FN4O2. The average molecular weight is 431 g/mol. The lowest BCUT2D eigenvalue weighted by Gasteiger charge is -2.43. The molecule has 2 amide bonds. The fraction of sp³-hybridized carbons (Fsp3) is 0.667. The van der Waals surface area contributed by atoms with Crippen molar-refractivity contribution in [1.82, 2.24) is 19.6 Å². The number of likely N-dealkylation sites (N-methyl/N-ethyl adjacent to an activating group) is 1. The van der Waals surface area contributed by atoms with Gasteiger partial charge < -0.3 is 14.7 Å². The zero-order valence-electron chi connectivity index (χ0n) is 18.6. The third-order valence-electron chi connectivity index (χ3n) is 7.32. The van der Waals surface area contributed by atoms with E-state index in [0.29, 0.717) is 31.0 Å². The van der Waals surface area contributed by atoms with Crippen LogP contribution in [0.1, 0.15) is 38.2 Å². The Labute approximate surface area is 185 Å². The molecule has 3 saturated heterocycles. The number of rotatable bonds is 5. The van der Waals surface area contributed by atoms with Crippen LogP contribution in [0.3, 0.4) is 0 Å². The zero-order chi connectivity index (χ0) is 21.8. The van der Waals surface area contributed by atoms with Crippen molar-refractivity contribution >= 4 is 11.8 Å². The van der Waals surface area contributed by atoms with E-state index in [1.165, 1.54) is 6.07 Å². The van der Waals surface area contributed by atoms with Crippen LogP contribution in [0.15, 0.2) is 24.3 Å². The van der Waals surface area contributed by atoms with Crippen LogP contribution in [0.2, 0.25) is 0 Å². The summed E-state index contributed by atoms with van der Waals surface area (Å²) in [5.41, 5.74) is 0.507. The molecule has 1 aromatic rings. The fourth-order valence-electron chi connectivity index (χ4n) is 5.26. The Morgan fingerprint density at radius 1 is 1.03 bits per heavy atom. The number of halogens is 1. The maximum Gasteiger partial charge on any atom is 0.227 e. The van der Waals surface area contributed by atoms with E-state index in [2.05, 4.69) is 16.7 Å². The highest BCUT2D eigenvalue weighted by atomic mass is 19.1. The highest BCUT2D eigenvalue weighted by molar-refractivity contribution is 5.84. The Kier molecular flexibility index (Phi) is 7.23. The normalized spacial score (nSPS) is 24.6. The first-order chi connectivity index (χ1) is 15.0. The van der Waals surface area contributed by atoms with Gasteiger partial charge in [0.1, 0.15) is 5.82 Å². The minimum atomic E-state index is -0.300. The predicted molar refractivity (Wildman–Crippen MR) is 118 cm³/mol. The molecule has 3 heterocycles. The monoisotopic (exact) mass is 430 g/mol. The summed E-state index contributed by atoms with van der Waals surface area (Å²) in [4.78, 5) is 34.3. The lowest BCUT2D eigenvalue weighted by molar-refractivity contribution is -0.144. The van der Waals surface area contributed by atoms with Crippen molar-refractivity contribution in [2.24, 2.45) is 5.92 Å². The first-order valence-electron chi connectivity index (χ1n) is 11.8. The summed E-state index contributed by atoms with van der Waals surface area (Å²) < 4.78 is 14.0. The molecule has 0 spiro atoms.